The Balaban J connectivity index is 1.40. The van der Waals surface area contributed by atoms with Crippen LogP contribution in [0.1, 0.15) is 17.7 Å². The second-order valence-corrected chi connectivity index (χ2v) is 11.2. The van der Waals surface area contributed by atoms with Crippen molar-refractivity contribution < 1.29 is 0 Å². The van der Waals surface area contributed by atoms with Crippen LogP contribution in [0.4, 0.5) is 11.4 Å². The van der Waals surface area contributed by atoms with Gasteiger partial charge in [0.25, 0.3) is 0 Å². The SMILES string of the molecule is CN(C1=C(/C=C/c2cc(-c3ccccc3)cc(-c3ccccc3)[s+]2)CC/C1=C\Nc1ccccc1)c1ccccc1. The van der Waals surface area contributed by atoms with E-state index in [0.717, 1.165) is 18.5 Å². The summed E-state index contributed by atoms with van der Waals surface area (Å²) in [6.45, 7) is 0. The molecular weight excluding hydrogens is 516 g/mol. The lowest BCUT2D eigenvalue weighted by atomic mass is 10.0. The van der Waals surface area contributed by atoms with Crippen molar-refractivity contribution in [3.05, 3.63) is 167 Å². The average Bonchev–Trinajstić information content (AvgIpc) is 3.46. The van der Waals surface area contributed by atoms with Crippen LogP contribution >= 0.6 is 11.3 Å². The standard InChI is InChI=1S/C38H33N2S/c1-40(35-20-12-5-13-21-35)38-31(22-23-32(38)28-39-34-18-10-4-11-19-34)24-25-36-26-33(29-14-6-2-7-15-29)27-37(41-36)30-16-8-3-9-17-30/h2-21,24-28,39H,22-23H2,1H3/q+1/b25-24+,32-28+. The summed E-state index contributed by atoms with van der Waals surface area (Å²) in [7, 11) is 2.17. The minimum absolute atomic E-state index is 0.995. The topological polar surface area (TPSA) is 15.3 Å². The lowest BCUT2D eigenvalue weighted by molar-refractivity contribution is 1.02. The van der Waals surface area contributed by atoms with E-state index in [1.807, 2.05) is 17.4 Å². The van der Waals surface area contributed by atoms with Crippen molar-refractivity contribution in [2.45, 2.75) is 12.8 Å². The van der Waals surface area contributed by atoms with Crippen molar-refractivity contribution in [2.24, 2.45) is 0 Å². The minimum atomic E-state index is 0.995. The van der Waals surface area contributed by atoms with Crippen molar-refractivity contribution >= 4 is 28.8 Å². The van der Waals surface area contributed by atoms with Crippen LogP contribution in [0.25, 0.3) is 27.6 Å². The summed E-state index contributed by atoms with van der Waals surface area (Å²) in [6.07, 6.45) is 8.80. The predicted octanol–water partition coefficient (Wildman–Crippen LogP) is 10.6. The van der Waals surface area contributed by atoms with Gasteiger partial charge in [0.2, 0.25) is 21.1 Å². The van der Waals surface area contributed by atoms with Crippen LogP contribution in [0.15, 0.2) is 163 Å². The largest absolute Gasteiger partial charge is 0.361 e. The Hall–Kier alpha value is -4.73. The first-order valence-electron chi connectivity index (χ1n) is 14.0. The molecule has 0 amide bonds. The van der Waals surface area contributed by atoms with Gasteiger partial charge in [0.05, 0.1) is 0 Å². The van der Waals surface area contributed by atoms with E-state index in [0.29, 0.717) is 0 Å². The third kappa shape index (κ3) is 6.37. The van der Waals surface area contributed by atoms with Crippen molar-refractivity contribution in [1.29, 1.82) is 0 Å². The molecule has 1 heterocycles. The Morgan fingerprint density at radius 1 is 0.634 bits per heavy atom. The van der Waals surface area contributed by atoms with Crippen molar-refractivity contribution in [1.82, 2.24) is 0 Å². The van der Waals surface area contributed by atoms with Gasteiger partial charge >= 0.3 is 0 Å². The Morgan fingerprint density at radius 2 is 1.24 bits per heavy atom. The number of rotatable bonds is 8. The molecule has 4 aromatic carbocycles. The molecule has 1 aromatic heterocycles. The fourth-order valence-corrected chi connectivity index (χ4v) is 6.28. The van der Waals surface area contributed by atoms with Crippen LogP contribution in [-0.2, 0) is 0 Å². The molecular formula is C38H33N2S+. The van der Waals surface area contributed by atoms with Gasteiger partial charge in [0, 0.05) is 54.1 Å². The van der Waals surface area contributed by atoms with Crippen LogP contribution in [0.2, 0.25) is 0 Å². The van der Waals surface area contributed by atoms with Gasteiger partial charge in [0.1, 0.15) is 0 Å². The fourth-order valence-electron chi connectivity index (χ4n) is 5.26. The third-order valence-electron chi connectivity index (χ3n) is 7.36. The van der Waals surface area contributed by atoms with Crippen LogP contribution in [0.5, 0.6) is 0 Å². The van der Waals surface area contributed by atoms with Crippen molar-refractivity contribution in [2.75, 3.05) is 17.3 Å². The Labute approximate surface area is 247 Å². The molecule has 6 rings (SSSR count). The number of hydrogen-bond acceptors (Lipinski definition) is 2. The molecule has 0 saturated heterocycles. The fraction of sp³-hybridized carbons (Fsp3) is 0.0789. The molecule has 0 fully saturated rings. The third-order valence-corrected chi connectivity index (χ3v) is 8.43. The zero-order valence-electron chi connectivity index (χ0n) is 23.2. The zero-order valence-corrected chi connectivity index (χ0v) is 24.0. The summed E-state index contributed by atoms with van der Waals surface area (Å²) in [5.74, 6) is 0. The zero-order chi connectivity index (χ0) is 27.9. The molecule has 1 aliphatic carbocycles. The first-order valence-corrected chi connectivity index (χ1v) is 14.9. The minimum Gasteiger partial charge on any atom is -0.361 e. The molecule has 5 aromatic rings. The molecule has 0 unspecified atom stereocenters. The van der Waals surface area contributed by atoms with Gasteiger partial charge in [-0.1, -0.05) is 91.0 Å². The maximum absolute atomic E-state index is 3.52. The van der Waals surface area contributed by atoms with E-state index in [1.54, 1.807) is 0 Å². The molecule has 0 bridgehead atoms. The summed E-state index contributed by atoms with van der Waals surface area (Å²) in [5, 5.41) is 3.52. The normalized spacial score (nSPS) is 14.1. The lowest BCUT2D eigenvalue weighted by Gasteiger charge is -2.23. The van der Waals surface area contributed by atoms with Crippen molar-refractivity contribution in [3.8, 4) is 21.6 Å². The number of anilines is 2. The van der Waals surface area contributed by atoms with Crippen LogP contribution in [-0.4, -0.2) is 7.05 Å². The van der Waals surface area contributed by atoms with E-state index < -0.39 is 0 Å². The molecule has 41 heavy (non-hydrogen) atoms. The highest BCUT2D eigenvalue weighted by atomic mass is 32.1. The smallest absolute Gasteiger partial charge is 0.239 e. The highest BCUT2D eigenvalue weighted by Gasteiger charge is 2.23. The van der Waals surface area contributed by atoms with Crippen LogP contribution < -0.4 is 10.2 Å². The monoisotopic (exact) mass is 549 g/mol. The molecule has 0 atom stereocenters. The van der Waals surface area contributed by atoms with Gasteiger partial charge in [-0.2, -0.15) is 0 Å². The number of hydrogen-bond donors (Lipinski definition) is 1. The van der Waals surface area contributed by atoms with E-state index in [-0.39, 0.29) is 0 Å². The van der Waals surface area contributed by atoms with E-state index in [1.165, 1.54) is 49.0 Å². The van der Waals surface area contributed by atoms with Gasteiger partial charge in [-0.15, -0.1) is 0 Å². The van der Waals surface area contributed by atoms with Gasteiger partial charge in [-0.3, -0.25) is 0 Å². The molecule has 3 heteroatoms. The Bertz CT molecular complexity index is 1630. The molecule has 0 radical (unpaired) electrons. The molecule has 0 saturated carbocycles. The van der Waals surface area contributed by atoms with Gasteiger partial charge in [-0.05, 0) is 71.5 Å². The van der Waals surface area contributed by atoms with Gasteiger partial charge < -0.3 is 10.2 Å². The summed E-state index contributed by atoms with van der Waals surface area (Å²) in [4.78, 5) is 4.82. The summed E-state index contributed by atoms with van der Waals surface area (Å²) in [6, 6.07) is 46.9. The van der Waals surface area contributed by atoms with Crippen molar-refractivity contribution in [3.63, 3.8) is 0 Å². The van der Waals surface area contributed by atoms with E-state index in [4.69, 9.17) is 0 Å². The van der Waals surface area contributed by atoms with E-state index in [2.05, 4.69) is 163 Å². The number of benzene rings is 4. The van der Waals surface area contributed by atoms with Crippen LogP contribution in [0, 0.1) is 0 Å². The number of para-hydroxylation sites is 2. The second-order valence-electron chi connectivity index (χ2n) is 10.1. The second kappa shape index (κ2) is 12.6. The van der Waals surface area contributed by atoms with Gasteiger partial charge in [0.15, 0.2) is 0 Å². The maximum Gasteiger partial charge on any atom is 0.239 e. The summed E-state index contributed by atoms with van der Waals surface area (Å²) in [5.41, 5.74) is 9.91. The van der Waals surface area contributed by atoms with E-state index in [9.17, 15) is 0 Å². The quantitative estimate of drug-likeness (QED) is 0.194. The average molecular weight is 550 g/mol. The number of nitrogens with zero attached hydrogens (tertiary/aromatic N) is 1. The molecule has 200 valence electrons. The summed E-state index contributed by atoms with van der Waals surface area (Å²) >= 11 is 1.83. The molecule has 1 N–H and O–H groups in total. The number of nitrogens with one attached hydrogen (secondary N) is 1. The van der Waals surface area contributed by atoms with Gasteiger partial charge in [-0.25, -0.2) is 0 Å². The van der Waals surface area contributed by atoms with E-state index >= 15 is 0 Å². The summed E-state index contributed by atoms with van der Waals surface area (Å²) < 4.78 is 0. The highest BCUT2D eigenvalue weighted by molar-refractivity contribution is 7.16. The predicted molar refractivity (Wildman–Crippen MR) is 178 cm³/mol. The lowest BCUT2D eigenvalue weighted by Crippen LogP contribution is -2.17. The molecule has 1 aliphatic rings. The Kier molecular flexibility index (Phi) is 8.16. The molecule has 0 aliphatic heterocycles. The van der Waals surface area contributed by atoms with Crippen LogP contribution in [0.3, 0.4) is 0 Å². The molecule has 2 nitrogen and oxygen atoms in total. The number of allylic oxidation sites excluding steroid dienone is 3. The first-order chi connectivity index (χ1) is 20.2. The first kappa shape index (κ1) is 26.5. The maximum atomic E-state index is 3.52. The Morgan fingerprint density at radius 3 is 1.93 bits per heavy atom. The molecule has 0 spiro atoms. The number of likely N-dealkylation sites (N-methyl/N-ethyl adjacent to an activating group) is 1. The highest BCUT2D eigenvalue weighted by Crippen LogP contribution is 2.38.